The van der Waals surface area contributed by atoms with Gasteiger partial charge in [0.1, 0.15) is 11.5 Å². The Kier molecular flexibility index (Phi) is 6.43. The van der Waals surface area contributed by atoms with E-state index in [1.165, 1.54) is 6.42 Å². The van der Waals surface area contributed by atoms with Gasteiger partial charge in [-0.25, -0.2) is 13.8 Å². The van der Waals surface area contributed by atoms with Crippen LogP contribution in [-0.2, 0) is 4.79 Å². The summed E-state index contributed by atoms with van der Waals surface area (Å²) in [6, 6.07) is 7.47. The van der Waals surface area contributed by atoms with Crippen LogP contribution in [-0.4, -0.2) is 37.5 Å². The van der Waals surface area contributed by atoms with E-state index in [4.69, 9.17) is 4.98 Å². The number of alkyl halides is 2. The zero-order chi connectivity index (χ0) is 28.5. The summed E-state index contributed by atoms with van der Waals surface area (Å²) in [7, 11) is 0. The maximum atomic E-state index is 13.4. The molecular formula is C31H38F2N6O2. The molecule has 0 radical (unpaired) electrons. The van der Waals surface area contributed by atoms with E-state index in [1.807, 2.05) is 32.0 Å². The predicted molar refractivity (Wildman–Crippen MR) is 149 cm³/mol. The van der Waals surface area contributed by atoms with Gasteiger partial charge in [0, 0.05) is 31.5 Å². The number of nitrogens with zero attached hydrogens (tertiary/aromatic N) is 3. The lowest BCUT2D eigenvalue weighted by atomic mass is 9.79. The van der Waals surface area contributed by atoms with Gasteiger partial charge in [-0.15, -0.1) is 0 Å². The molecule has 5 atom stereocenters. The van der Waals surface area contributed by atoms with Crippen molar-refractivity contribution in [2.45, 2.75) is 89.3 Å². The number of carbonyl (C=O) groups excluding carboxylic acids is 2. The van der Waals surface area contributed by atoms with Crippen LogP contribution in [0.2, 0.25) is 0 Å². The number of hydrogen-bond donors (Lipinski definition) is 3. The van der Waals surface area contributed by atoms with Gasteiger partial charge in [0.05, 0.1) is 23.1 Å². The third-order valence-corrected chi connectivity index (χ3v) is 9.67. The van der Waals surface area contributed by atoms with E-state index in [-0.39, 0.29) is 55.1 Å². The maximum absolute atomic E-state index is 13.4. The first-order chi connectivity index (χ1) is 19.6. The summed E-state index contributed by atoms with van der Waals surface area (Å²) in [6.45, 7) is 4.01. The second-order valence-corrected chi connectivity index (χ2v) is 13.3. The molecule has 41 heavy (non-hydrogen) atoms. The third kappa shape index (κ3) is 5.37. The number of hydrogen-bond acceptors (Lipinski definition) is 4. The average molecular weight is 565 g/mol. The van der Waals surface area contributed by atoms with Crippen molar-refractivity contribution in [3.05, 3.63) is 47.5 Å². The second-order valence-electron chi connectivity index (χ2n) is 13.3. The molecule has 0 bridgehead atoms. The molecular weight excluding hydrogens is 526 g/mol. The van der Waals surface area contributed by atoms with Crippen molar-refractivity contribution in [3.63, 3.8) is 0 Å². The molecule has 1 aromatic carbocycles. The van der Waals surface area contributed by atoms with Crippen LogP contribution in [0.15, 0.2) is 30.5 Å². The van der Waals surface area contributed by atoms with Gasteiger partial charge >= 0.3 is 0 Å². The van der Waals surface area contributed by atoms with Crippen LogP contribution in [0.3, 0.4) is 0 Å². The zero-order valence-electron chi connectivity index (χ0n) is 23.6. The Balaban J connectivity index is 1.11. The fourth-order valence-electron chi connectivity index (χ4n) is 7.28. The number of amides is 2. The molecule has 7 rings (SSSR count). The summed E-state index contributed by atoms with van der Waals surface area (Å²) in [5.41, 5.74) is 3.22. The van der Waals surface area contributed by atoms with E-state index in [0.29, 0.717) is 17.5 Å². The summed E-state index contributed by atoms with van der Waals surface area (Å²) < 4.78 is 28.3. The summed E-state index contributed by atoms with van der Waals surface area (Å²) in [6.07, 6.45) is 6.94. The number of carbonyl (C=O) groups is 2. The Morgan fingerprint density at radius 3 is 2.49 bits per heavy atom. The number of fused-ring (bicyclic) bond motifs is 2. The van der Waals surface area contributed by atoms with E-state index < -0.39 is 5.92 Å². The Hall–Kier alpha value is -3.30. The quantitative estimate of drug-likeness (QED) is 0.287. The molecule has 2 heterocycles. The highest BCUT2D eigenvalue weighted by molar-refractivity contribution is 5.93. The molecule has 3 aromatic rings. The fraction of sp³-hybridized carbons (Fsp3) is 0.613. The van der Waals surface area contributed by atoms with Crippen LogP contribution in [0.25, 0.3) is 11.0 Å². The molecule has 2 amide bonds. The summed E-state index contributed by atoms with van der Waals surface area (Å²) >= 11 is 0. The highest BCUT2D eigenvalue weighted by Gasteiger charge is 2.49. The number of halogens is 2. The van der Waals surface area contributed by atoms with E-state index in [9.17, 15) is 18.4 Å². The van der Waals surface area contributed by atoms with Crippen LogP contribution in [0.1, 0.15) is 105 Å². The SMILES string of the molecule is CC(C)n1nccc1C(=O)N[C@H](c1nc2ccc([C@H](NC(=O)CC3CC(F)(F)C3)C3CC3)cc2[nH]1)C1CC2C[C@H]2C1. The fourth-order valence-corrected chi connectivity index (χ4v) is 7.28. The predicted octanol–water partition coefficient (Wildman–Crippen LogP) is 5.86. The van der Waals surface area contributed by atoms with Gasteiger partial charge in [-0.1, -0.05) is 6.07 Å². The van der Waals surface area contributed by atoms with Gasteiger partial charge in [-0.05, 0) is 99.3 Å². The Morgan fingerprint density at radius 2 is 1.80 bits per heavy atom. The molecule has 2 unspecified atom stereocenters. The summed E-state index contributed by atoms with van der Waals surface area (Å²) in [5.74, 6) is -0.229. The molecule has 0 spiro atoms. The number of nitrogens with one attached hydrogen (secondary N) is 3. The number of H-pyrrole nitrogens is 1. The van der Waals surface area contributed by atoms with Gasteiger partial charge in [0.2, 0.25) is 11.8 Å². The van der Waals surface area contributed by atoms with Crippen molar-refractivity contribution >= 4 is 22.8 Å². The van der Waals surface area contributed by atoms with Gasteiger partial charge in [-0.2, -0.15) is 5.10 Å². The lowest BCUT2D eigenvalue weighted by Gasteiger charge is -2.34. The first kappa shape index (κ1) is 26.6. The van der Waals surface area contributed by atoms with Gasteiger partial charge in [-0.3, -0.25) is 14.3 Å². The maximum Gasteiger partial charge on any atom is 0.270 e. The van der Waals surface area contributed by atoms with E-state index in [0.717, 1.165) is 59.9 Å². The van der Waals surface area contributed by atoms with Crippen molar-refractivity contribution in [1.29, 1.82) is 0 Å². The minimum Gasteiger partial charge on any atom is -0.349 e. The van der Waals surface area contributed by atoms with Crippen molar-refractivity contribution < 1.29 is 18.4 Å². The molecule has 0 saturated heterocycles. The Bertz CT molecular complexity index is 1460. The van der Waals surface area contributed by atoms with Crippen LogP contribution in [0.5, 0.6) is 0 Å². The van der Waals surface area contributed by atoms with Crippen molar-refractivity contribution in [3.8, 4) is 0 Å². The van der Waals surface area contributed by atoms with Crippen molar-refractivity contribution in [2.75, 3.05) is 0 Å². The van der Waals surface area contributed by atoms with E-state index in [1.54, 1.807) is 16.9 Å². The summed E-state index contributed by atoms with van der Waals surface area (Å²) in [4.78, 5) is 34.6. The zero-order valence-corrected chi connectivity index (χ0v) is 23.6. The standard InChI is InChI=1S/C31H38F2N6O2/c1-16(2)39-25(7-8-34-39)30(41)38-28(22-11-20-10-21(20)12-22)29-35-23-6-5-19(13-24(23)36-29)27(18-3-4-18)37-26(40)9-17-14-31(32,33)15-17/h5-8,13,16-18,20-22,27-28H,3-4,9-12,14-15H2,1-2H3,(H,35,36)(H,37,40)(H,38,41)/t20-,21?,22?,27+,28-/m0/s1. The topological polar surface area (TPSA) is 105 Å². The number of aromatic amines is 1. The lowest BCUT2D eigenvalue weighted by molar-refractivity contribution is -0.134. The molecule has 218 valence electrons. The van der Waals surface area contributed by atoms with Crippen molar-refractivity contribution in [2.24, 2.45) is 29.6 Å². The first-order valence-corrected chi connectivity index (χ1v) is 15.1. The number of imidazole rings is 1. The minimum absolute atomic E-state index is 0.0718. The molecule has 4 fully saturated rings. The first-order valence-electron chi connectivity index (χ1n) is 15.1. The van der Waals surface area contributed by atoms with E-state index in [2.05, 4.69) is 20.7 Å². The van der Waals surface area contributed by atoms with Crippen molar-refractivity contribution in [1.82, 2.24) is 30.4 Å². The lowest BCUT2D eigenvalue weighted by Crippen LogP contribution is -2.39. The number of aromatic nitrogens is 4. The highest BCUT2D eigenvalue weighted by atomic mass is 19.3. The van der Waals surface area contributed by atoms with Crippen LogP contribution >= 0.6 is 0 Å². The molecule has 10 heteroatoms. The van der Waals surface area contributed by atoms with Crippen LogP contribution in [0.4, 0.5) is 8.78 Å². The monoisotopic (exact) mass is 564 g/mol. The molecule has 4 aliphatic carbocycles. The van der Waals surface area contributed by atoms with Gasteiger partial charge in [0.15, 0.2) is 0 Å². The summed E-state index contributed by atoms with van der Waals surface area (Å²) in [5, 5.41) is 10.8. The Morgan fingerprint density at radius 1 is 1.05 bits per heavy atom. The molecule has 2 aromatic heterocycles. The normalized spacial score (nSPS) is 26.4. The Labute approximate surface area is 238 Å². The largest absolute Gasteiger partial charge is 0.349 e. The molecule has 3 N–H and O–H groups in total. The molecule has 4 aliphatic rings. The average Bonchev–Trinajstić information content (AvgIpc) is 3.71. The van der Waals surface area contributed by atoms with Crippen LogP contribution in [0, 0.1) is 29.6 Å². The van der Waals surface area contributed by atoms with Gasteiger partial charge in [0.25, 0.3) is 5.91 Å². The van der Waals surface area contributed by atoms with Crippen LogP contribution < -0.4 is 10.6 Å². The van der Waals surface area contributed by atoms with E-state index >= 15 is 0 Å². The number of benzene rings is 1. The molecule has 0 aliphatic heterocycles. The van der Waals surface area contributed by atoms with Gasteiger partial charge < -0.3 is 15.6 Å². The molecule has 4 saturated carbocycles. The minimum atomic E-state index is -2.61. The third-order valence-electron chi connectivity index (χ3n) is 9.67. The highest BCUT2D eigenvalue weighted by Crippen LogP contribution is 2.57. The smallest absolute Gasteiger partial charge is 0.270 e. The number of rotatable bonds is 10. The molecule has 8 nitrogen and oxygen atoms in total. The second kappa shape index (κ2) is 9.91.